The molecule has 0 bridgehead atoms. The van der Waals surface area contributed by atoms with Crippen LogP contribution in [0, 0.1) is 29.1 Å². The zero-order chi connectivity index (χ0) is 25.1. The lowest BCUT2D eigenvalue weighted by Crippen LogP contribution is -2.26. The van der Waals surface area contributed by atoms with E-state index < -0.39 is 11.5 Å². The zero-order valence-electron chi connectivity index (χ0n) is 19.3. The Morgan fingerprint density at radius 3 is 1.80 bits per heavy atom. The SMILES string of the molecule is CC1CCC(C(=O)Oc2ccc(OC(=O)C3CCC(I)CC3)c3c2S/C(=C(/C#N)C(=O)O)S3)CC1. The van der Waals surface area contributed by atoms with Gasteiger partial charge in [0.1, 0.15) is 17.6 Å². The maximum Gasteiger partial charge on any atom is 0.348 e. The van der Waals surface area contributed by atoms with Crippen LogP contribution in [0.15, 0.2) is 31.7 Å². The number of esters is 2. The molecule has 3 aliphatic rings. The van der Waals surface area contributed by atoms with Gasteiger partial charge in [0, 0.05) is 3.92 Å². The van der Waals surface area contributed by atoms with E-state index in [9.17, 15) is 24.8 Å². The van der Waals surface area contributed by atoms with Gasteiger partial charge in [0.25, 0.3) is 0 Å². The largest absolute Gasteiger partial charge is 0.477 e. The van der Waals surface area contributed by atoms with Crippen LogP contribution in [0.1, 0.15) is 58.3 Å². The number of benzene rings is 1. The average Bonchev–Trinajstić information content (AvgIpc) is 3.27. The lowest BCUT2D eigenvalue weighted by molar-refractivity contribution is -0.141. The molecule has 186 valence electrons. The van der Waals surface area contributed by atoms with Crippen molar-refractivity contribution in [1.82, 2.24) is 0 Å². The van der Waals surface area contributed by atoms with Gasteiger partial charge in [0.15, 0.2) is 5.57 Å². The van der Waals surface area contributed by atoms with Crippen LogP contribution in [-0.4, -0.2) is 26.9 Å². The van der Waals surface area contributed by atoms with Gasteiger partial charge in [-0.05, 0) is 69.4 Å². The van der Waals surface area contributed by atoms with Gasteiger partial charge >= 0.3 is 17.9 Å². The number of carboxylic acid groups (broad SMARTS) is 1. The van der Waals surface area contributed by atoms with E-state index in [2.05, 4.69) is 29.5 Å². The molecule has 0 radical (unpaired) electrons. The second kappa shape index (κ2) is 11.6. The molecule has 1 aromatic rings. The first kappa shape index (κ1) is 26.4. The van der Waals surface area contributed by atoms with Gasteiger partial charge in [0.2, 0.25) is 0 Å². The smallest absolute Gasteiger partial charge is 0.348 e. The topological polar surface area (TPSA) is 114 Å². The Bertz CT molecular complexity index is 1030. The molecule has 0 spiro atoms. The molecule has 2 aliphatic carbocycles. The molecule has 1 aromatic carbocycles. The van der Waals surface area contributed by atoms with Gasteiger partial charge in [-0.3, -0.25) is 9.59 Å². The first-order chi connectivity index (χ1) is 16.8. The van der Waals surface area contributed by atoms with Crippen molar-refractivity contribution in [2.45, 2.75) is 72.0 Å². The summed E-state index contributed by atoms with van der Waals surface area (Å²) in [5, 5.41) is 18.8. The minimum Gasteiger partial charge on any atom is -0.477 e. The lowest BCUT2D eigenvalue weighted by Gasteiger charge is -2.25. The molecule has 0 atom stereocenters. The summed E-state index contributed by atoms with van der Waals surface area (Å²) in [7, 11) is 0. The Hall–Kier alpha value is -1.71. The van der Waals surface area contributed by atoms with E-state index in [-0.39, 0.29) is 28.0 Å². The number of carbonyl (C=O) groups is 3. The summed E-state index contributed by atoms with van der Waals surface area (Å²) >= 11 is 4.52. The zero-order valence-corrected chi connectivity index (χ0v) is 23.0. The molecule has 0 aromatic heterocycles. The third-order valence-electron chi connectivity index (χ3n) is 6.72. The van der Waals surface area contributed by atoms with Crippen molar-refractivity contribution in [2.75, 3.05) is 0 Å². The summed E-state index contributed by atoms with van der Waals surface area (Å²) in [5.74, 6) is -1.10. The number of thioether (sulfide) groups is 2. The van der Waals surface area contributed by atoms with Crippen molar-refractivity contribution in [3.63, 3.8) is 0 Å². The number of nitrogens with zero attached hydrogens (tertiary/aromatic N) is 1. The van der Waals surface area contributed by atoms with Crippen LogP contribution in [-0.2, 0) is 14.4 Å². The number of halogens is 1. The molecular formula is C25H26INO6S2. The summed E-state index contributed by atoms with van der Waals surface area (Å²) in [6.45, 7) is 2.18. The molecule has 1 N–H and O–H groups in total. The van der Waals surface area contributed by atoms with E-state index in [1.54, 1.807) is 18.2 Å². The molecule has 0 unspecified atom stereocenters. The summed E-state index contributed by atoms with van der Waals surface area (Å²) in [4.78, 5) is 38.3. The fourth-order valence-corrected chi connectivity index (χ4v) is 7.82. The molecule has 1 aliphatic heterocycles. The van der Waals surface area contributed by atoms with Crippen molar-refractivity contribution in [1.29, 1.82) is 5.26 Å². The number of hydrogen-bond donors (Lipinski definition) is 1. The molecule has 7 nitrogen and oxygen atoms in total. The highest BCUT2D eigenvalue weighted by atomic mass is 127. The highest BCUT2D eigenvalue weighted by molar-refractivity contribution is 14.1. The summed E-state index contributed by atoms with van der Waals surface area (Å²) < 4.78 is 12.4. The van der Waals surface area contributed by atoms with E-state index in [1.165, 1.54) is 0 Å². The number of carbonyl (C=O) groups excluding carboxylic acids is 2. The van der Waals surface area contributed by atoms with Crippen LogP contribution in [0.4, 0.5) is 0 Å². The second-order valence-electron chi connectivity index (χ2n) is 9.25. The van der Waals surface area contributed by atoms with Crippen LogP contribution in [0.5, 0.6) is 11.5 Å². The fraction of sp³-hybridized carbons (Fsp3) is 0.520. The highest BCUT2D eigenvalue weighted by Gasteiger charge is 2.34. The Balaban J connectivity index is 1.60. The standard InChI is InChI=1S/C25H26INO6S2/c1-13-2-4-14(5-3-13)23(30)32-18-10-11-19(33-24(31)15-6-8-16(26)9-7-15)21-20(18)34-25(35-21)17(12-27)22(28)29/h10-11,13-16H,2-9H2,1H3,(H,28,29)/b25-17+. The highest BCUT2D eigenvalue weighted by Crippen LogP contribution is 2.59. The summed E-state index contributed by atoms with van der Waals surface area (Å²) in [6, 6.07) is 4.92. The van der Waals surface area contributed by atoms with Crippen molar-refractivity contribution in [3.8, 4) is 17.6 Å². The summed E-state index contributed by atoms with van der Waals surface area (Å²) in [6.07, 6.45) is 7.00. The van der Waals surface area contributed by atoms with Gasteiger partial charge in [-0.2, -0.15) is 5.26 Å². The third-order valence-corrected chi connectivity index (χ3v) is 10.6. The van der Waals surface area contributed by atoms with Gasteiger partial charge in [0.05, 0.1) is 25.9 Å². The van der Waals surface area contributed by atoms with Crippen LogP contribution in [0.25, 0.3) is 0 Å². The second-order valence-corrected chi connectivity index (χ2v) is 13.3. The van der Waals surface area contributed by atoms with Crippen molar-refractivity contribution in [2.24, 2.45) is 17.8 Å². The third kappa shape index (κ3) is 6.17. The van der Waals surface area contributed by atoms with Gasteiger partial charge < -0.3 is 14.6 Å². The van der Waals surface area contributed by atoms with Gasteiger partial charge in [-0.1, -0.05) is 53.0 Å². The van der Waals surface area contributed by atoms with Crippen molar-refractivity contribution in [3.05, 3.63) is 21.9 Å². The molecule has 1 heterocycles. The van der Waals surface area contributed by atoms with E-state index >= 15 is 0 Å². The maximum absolute atomic E-state index is 12.9. The number of hydrogen-bond acceptors (Lipinski definition) is 8. The van der Waals surface area contributed by atoms with Crippen LogP contribution in [0.2, 0.25) is 0 Å². The molecule has 10 heteroatoms. The predicted molar refractivity (Wildman–Crippen MR) is 141 cm³/mol. The predicted octanol–water partition coefficient (Wildman–Crippen LogP) is 6.34. The molecule has 2 fully saturated rings. The number of ether oxygens (including phenoxy) is 2. The monoisotopic (exact) mass is 627 g/mol. The number of fused-ring (bicyclic) bond motifs is 1. The molecule has 0 amide bonds. The van der Waals surface area contributed by atoms with E-state index in [0.29, 0.717) is 31.1 Å². The number of rotatable bonds is 5. The quantitative estimate of drug-likeness (QED) is 0.0999. The molecule has 4 rings (SSSR count). The number of aliphatic carboxylic acids is 1. The van der Waals surface area contributed by atoms with Crippen molar-refractivity contribution >= 4 is 64.0 Å². The number of nitriles is 1. The van der Waals surface area contributed by atoms with Crippen LogP contribution < -0.4 is 9.47 Å². The van der Waals surface area contributed by atoms with Crippen LogP contribution in [0.3, 0.4) is 0 Å². The molecular weight excluding hydrogens is 601 g/mol. The van der Waals surface area contributed by atoms with E-state index in [4.69, 9.17) is 9.47 Å². The Labute approximate surface area is 226 Å². The Morgan fingerprint density at radius 1 is 0.914 bits per heavy atom. The normalized spacial score (nSPS) is 27.3. The van der Waals surface area contributed by atoms with Gasteiger partial charge in [-0.25, -0.2) is 4.79 Å². The fourth-order valence-electron chi connectivity index (χ4n) is 4.54. The minimum atomic E-state index is -1.33. The average molecular weight is 628 g/mol. The number of alkyl halides is 1. The maximum atomic E-state index is 12.9. The van der Waals surface area contributed by atoms with Gasteiger partial charge in [-0.15, -0.1) is 0 Å². The number of carboxylic acids is 1. The Morgan fingerprint density at radius 2 is 1.37 bits per heavy atom. The molecule has 35 heavy (non-hydrogen) atoms. The van der Waals surface area contributed by atoms with E-state index in [1.807, 2.05) is 0 Å². The summed E-state index contributed by atoms with van der Waals surface area (Å²) in [5.41, 5.74) is -0.396. The van der Waals surface area contributed by atoms with E-state index in [0.717, 1.165) is 74.9 Å². The molecule has 2 saturated carbocycles. The lowest BCUT2D eigenvalue weighted by atomic mass is 9.83. The van der Waals surface area contributed by atoms with Crippen molar-refractivity contribution < 1.29 is 29.0 Å². The minimum absolute atomic E-state index is 0.171. The Kier molecular flexibility index (Phi) is 8.71. The van der Waals surface area contributed by atoms with Crippen LogP contribution >= 0.6 is 46.1 Å². The first-order valence-electron chi connectivity index (χ1n) is 11.7. The first-order valence-corrected chi connectivity index (χ1v) is 14.6. The molecule has 0 saturated heterocycles.